The summed E-state index contributed by atoms with van der Waals surface area (Å²) in [6.45, 7) is 2.66. The largest absolute Gasteiger partial charge is 0.305 e. The summed E-state index contributed by atoms with van der Waals surface area (Å²) in [4.78, 5) is 3.76. The van der Waals surface area contributed by atoms with Crippen molar-refractivity contribution in [1.29, 1.82) is 0 Å². The highest BCUT2D eigenvalue weighted by Crippen LogP contribution is 2.27. The Balaban J connectivity index is 2.50. The average molecular weight is 314 g/mol. The van der Waals surface area contributed by atoms with E-state index in [1.54, 1.807) is 24.0 Å². The van der Waals surface area contributed by atoms with Gasteiger partial charge < -0.3 is 5.32 Å². The quantitative estimate of drug-likeness (QED) is 0.935. The summed E-state index contributed by atoms with van der Waals surface area (Å²) in [6.07, 6.45) is 2.78. The molecule has 0 aliphatic rings. The number of rotatable bonds is 4. The Kier molecular flexibility index (Phi) is 4.03. The molecule has 1 unspecified atom stereocenters. The summed E-state index contributed by atoms with van der Waals surface area (Å²) in [6, 6.07) is 1.34. The van der Waals surface area contributed by atoms with Crippen LogP contribution >= 0.6 is 15.9 Å². The van der Waals surface area contributed by atoms with Gasteiger partial charge in [0.1, 0.15) is 5.82 Å². The number of nitrogens with one attached hydrogen (secondary N) is 1. The van der Waals surface area contributed by atoms with E-state index < -0.39 is 0 Å². The zero-order chi connectivity index (χ0) is 13.1. The van der Waals surface area contributed by atoms with Gasteiger partial charge in [-0.25, -0.2) is 9.07 Å². The lowest BCUT2D eigenvalue weighted by Gasteiger charge is -2.18. The summed E-state index contributed by atoms with van der Waals surface area (Å²) in [7, 11) is 1.77. The molecule has 0 amide bonds. The van der Waals surface area contributed by atoms with Crippen molar-refractivity contribution in [2.45, 2.75) is 13.0 Å². The van der Waals surface area contributed by atoms with Crippen LogP contribution in [0.4, 0.5) is 4.39 Å². The Morgan fingerprint density at radius 2 is 2.33 bits per heavy atom. The SMILES string of the molecule is CCNC(c1ccncc1F)c1c(Br)nnn1C. The lowest BCUT2D eigenvalue weighted by molar-refractivity contribution is 0.526. The highest BCUT2D eigenvalue weighted by Gasteiger charge is 2.23. The van der Waals surface area contributed by atoms with Gasteiger partial charge in [-0.3, -0.25) is 4.98 Å². The molecule has 0 radical (unpaired) electrons. The summed E-state index contributed by atoms with van der Waals surface area (Å²) < 4.78 is 16.1. The number of aromatic nitrogens is 4. The topological polar surface area (TPSA) is 55.6 Å². The molecule has 0 aromatic carbocycles. The number of pyridine rings is 1. The van der Waals surface area contributed by atoms with Gasteiger partial charge in [-0.15, -0.1) is 5.10 Å². The van der Waals surface area contributed by atoms with Gasteiger partial charge in [0, 0.05) is 18.8 Å². The molecule has 2 heterocycles. The maximum absolute atomic E-state index is 13.9. The molecule has 0 bridgehead atoms. The van der Waals surface area contributed by atoms with Gasteiger partial charge in [0.25, 0.3) is 0 Å². The van der Waals surface area contributed by atoms with Crippen LogP contribution in [0, 0.1) is 5.82 Å². The Morgan fingerprint density at radius 3 is 2.89 bits per heavy atom. The summed E-state index contributed by atoms with van der Waals surface area (Å²) in [5, 5.41) is 11.1. The van der Waals surface area contributed by atoms with E-state index in [0.29, 0.717) is 16.7 Å². The molecule has 7 heteroatoms. The van der Waals surface area contributed by atoms with Crippen molar-refractivity contribution >= 4 is 15.9 Å². The van der Waals surface area contributed by atoms with Crippen LogP contribution in [-0.2, 0) is 7.05 Å². The maximum Gasteiger partial charge on any atom is 0.153 e. The van der Waals surface area contributed by atoms with Crippen LogP contribution < -0.4 is 5.32 Å². The fourth-order valence-electron chi connectivity index (χ4n) is 1.82. The minimum Gasteiger partial charge on any atom is -0.305 e. The van der Waals surface area contributed by atoms with Crippen molar-refractivity contribution in [1.82, 2.24) is 25.3 Å². The van der Waals surface area contributed by atoms with Gasteiger partial charge in [0.15, 0.2) is 4.60 Å². The first-order chi connectivity index (χ1) is 8.65. The second-order valence-corrected chi connectivity index (χ2v) is 4.53. The van der Waals surface area contributed by atoms with Gasteiger partial charge in [-0.05, 0) is 28.5 Å². The highest BCUT2D eigenvalue weighted by molar-refractivity contribution is 9.10. The van der Waals surface area contributed by atoms with Gasteiger partial charge in [-0.1, -0.05) is 12.1 Å². The predicted octanol–water partition coefficient (Wildman–Crippen LogP) is 1.81. The van der Waals surface area contributed by atoms with Crippen molar-refractivity contribution in [3.8, 4) is 0 Å². The Hall–Kier alpha value is -1.34. The Labute approximate surface area is 113 Å². The molecule has 0 aliphatic heterocycles. The molecule has 0 saturated heterocycles. The van der Waals surface area contributed by atoms with Crippen molar-refractivity contribution < 1.29 is 4.39 Å². The van der Waals surface area contributed by atoms with Crippen LogP contribution in [0.5, 0.6) is 0 Å². The van der Waals surface area contributed by atoms with Crippen LogP contribution in [0.1, 0.15) is 24.2 Å². The molecule has 96 valence electrons. The van der Waals surface area contributed by atoms with E-state index in [9.17, 15) is 4.39 Å². The van der Waals surface area contributed by atoms with E-state index >= 15 is 0 Å². The minimum atomic E-state index is -0.350. The first-order valence-electron chi connectivity index (χ1n) is 5.53. The van der Waals surface area contributed by atoms with E-state index in [0.717, 1.165) is 5.69 Å². The summed E-state index contributed by atoms with van der Waals surface area (Å²) in [5.74, 6) is -0.350. The molecule has 2 aromatic rings. The minimum absolute atomic E-state index is 0.313. The van der Waals surface area contributed by atoms with Crippen molar-refractivity contribution in [3.05, 3.63) is 40.1 Å². The van der Waals surface area contributed by atoms with E-state index in [-0.39, 0.29) is 11.9 Å². The van der Waals surface area contributed by atoms with E-state index in [1.165, 1.54) is 6.20 Å². The van der Waals surface area contributed by atoms with Crippen molar-refractivity contribution in [2.24, 2.45) is 7.05 Å². The maximum atomic E-state index is 13.9. The van der Waals surface area contributed by atoms with Gasteiger partial charge in [-0.2, -0.15) is 0 Å². The summed E-state index contributed by atoms with van der Waals surface area (Å²) in [5.41, 5.74) is 1.31. The van der Waals surface area contributed by atoms with Crippen LogP contribution in [0.25, 0.3) is 0 Å². The lowest BCUT2D eigenvalue weighted by atomic mass is 10.1. The van der Waals surface area contributed by atoms with E-state index in [4.69, 9.17) is 0 Å². The zero-order valence-electron chi connectivity index (χ0n) is 10.1. The number of hydrogen-bond acceptors (Lipinski definition) is 4. The molecule has 0 spiro atoms. The first-order valence-corrected chi connectivity index (χ1v) is 6.32. The number of hydrogen-bond donors (Lipinski definition) is 1. The molecule has 1 N–H and O–H groups in total. The monoisotopic (exact) mass is 313 g/mol. The number of nitrogens with zero attached hydrogens (tertiary/aromatic N) is 4. The van der Waals surface area contributed by atoms with Crippen molar-refractivity contribution in [3.63, 3.8) is 0 Å². The first kappa shape index (κ1) is 13.1. The van der Waals surface area contributed by atoms with Crippen LogP contribution in [0.3, 0.4) is 0 Å². The zero-order valence-corrected chi connectivity index (χ0v) is 11.6. The molecular weight excluding hydrogens is 301 g/mol. The molecule has 2 rings (SSSR count). The molecule has 0 aliphatic carbocycles. The van der Waals surface area contributed by atoms with E-state index in [2.05, 4.69) is 36.5 Å². The van der Waals surface area contributed by atoms with Crippen LogP contribution in [0.2, 0.25) is 0 Å². The fourth-order valence-corrected chi connectivity index (χ4v) is 2.38. The van der Waals surface area contributed by atoms with Crippen LogP contribution in [-0.4, -0.2) is 26.5 Å². The third kappa shape index (κ3) is 2.41. The third-order valence-electron chi connectivity index (χ3n) is 2.62. The Bertz CT molecular complexity index is 522. The number of halogens is 2. The molecular formula is C11H13BrFN5. The second kappa shape index (κ2) is 5.53. The van der Waals surface area contributed by atoms with E-state index in [1.807, 2.05) is 6.92 Å². The molecule has 18 heavy (non-hydrogen) atoms. The molecule has 0 fully saturated rings. The van der Waals surface area contributed by atoms with Gasteiger partial charge >= 0.3 is 0 Å². The van der Waals surface area contributed by atoms with Gasteiger partial charge in [0.05, 0.1) is 17.9 Å². The highest BCUT2D eigenvalue weighted by atomic mass is 79.9. The standard InChI is InChI=1S/C11H13BrFN5/c1-3-15-9(7-4-5-14-6-8(7)13)10-11(12)16-17-18(10)2/h4-6,9,15H,3H2,1-2H3. The smallest absolute Gasteiger partial charge is 0.153 e. The van der Waals surface area contributed by atoms with Crippen LogP contribution in [0.15, 0.2) is 23.1 Å². The molecule has 2 aromatic heterocycles. The Morgan fingerprint density at radius 1 is 1.56 bits per heavy atom. The summed E-state index contributed by atoms with van der Waals surface area (Å²) >= 11 is 3.34. The van der Waals surface area contributed by atoms with Gasteiger partial charge in [0.2, 0.25) is 0 Å². The molecule has 0 saturated carbocycles. The molecule has 5 nitrogen and oxygen atoms in total. The molecule has 1 atom stereocenters. The number of aryl methyl sites for hydroxylation is 1. The third-order valence-corrected chi connectivity index (χ3v) is 3.19. The second-order valence-electron chi connectivity index (χ2n) is 3.78. The predicted molar refractivity (Wildman–Crippen MR) is 68.4 cm³/mol. The lowest BCUT2D eigenvalue weighted by Crippen LogP contribution is -2.25. The normalized spacial score (nSPS) is 12.7. The van der Waals surface area contributed by atoms with Crippen molar-refractivity contribution in [2.75, 3.05) is 6.54 Å². The fraction of sp³-hybridized carbons (Fsp3) is 0.364. The average Bonchev–Trinajstić information content (AvgIpc) is 2.68.